The second-order valence-electron chi connectivity index (χ2n) is 7.23. The van der Waals surface area contributed by atoms with Crippen molar-refractivity contribution in [3.05, 3.63) is 66.0 Å². The van der Waals surface area contributed by atoms with Gasteiger partial charge in [0.05, 0.1) is 17.4 Å². The molecule has 1 heterocycles. The summed E-state index contributed by atoms with van der Waals surface area (Å²) < 4.78 is 2.15. The van der Waals surface area contributed by atoms with Gasteiger partial charge in [-0.15, -0.1) is 0 Å². The Morgan fingerprint density at radius 2 is 1.96 bits per heavy atom. The molecule has 0 aliphatic carbocycles. The number of hydrogen-bond acceptors (Lipinski definition) is 2. The van der Waals surface area contributed by atoms with Gasteiger partial charge in [0.1, 0.15) is 0 Å². The molecule has 142 valence electrons. The van der Waals surface area contributed by atoms with Crippen molar-refractivity contribution in [2.75, 3.05) is 13.6 Å². The molecule has 0 aliphatic heterocycles. The molecule has 1 aromatic heterocycles. The van der Waals surface area contributed by atoms with E-state index >= 15 is 0 Å². The van der Waals surface area contributed by atoms with E-state index in [4.69, 9.17) is 0 Å². The van der Waals surface area contributed by atoms with E-state index in [9.17, 15) is 4.79 Å². The van der Waals surface area contributed by atoms with Crippen LogP contribution in [0.1, 0.15) is 31.4 Å². The summed E-state index contributed by atoms with van der Waals surface area (Å²) in [7, 11) is 1.85. The van der Waals surface area contributed by atoms with Crippen LogP contribution in [0.15, 0.2) is 54.9 Å². The van der Waals surface area contributed by atoms with Gasteiger partial charge in [0, 0.05) is 26.7 Å². The van der Waals surface area contributed by atoms with Crippen LogP contribution in [0.5, 0.6) is 0 Å². The molecule has 0 aliphatic rings. The molecule has 0 saturated carbocycles. The first-order valence-corrected chi connectivity index (χ1v) is 9.53. The maximum Gasteiger partial charge on any atom is 0.317 e. The molecular weight excluding hydrogens is 336 g/mol. The lowest BCUT2D eigenvalue weighted by molar-refractivity contribution is 0.201. The van der Waals surface area contributed by atoms with Gasteiger partial charge in [0.2, 0.25) is 0 Å². The Morgan fingerprint density at radius 3 is 2.78 bits per heavy atom. The zero-order valence-electron chi connectivity index (χ0n) is 16.4. The predicted octanol–water partition coefficient (Wildman–Crippen LogP) is 4.27. The molecule has 0 saturated heterocycles. The summed E-state index contributed by atoms with van der Waals surface area (Å²) in [5.74, 6) is 0.508. The molecule has 0 fully saturated rings. The zero-order chi connectivity index (χ0) is 19.2. The summed E-state index contributed by atoms with van der Waals surface area (Å²) in [6, 6.07) is 16.4. The van der Waals surface area contributed by atoms with Crippen LogP contribution in [0.25, 0.3) is 11.0 Å². The Morgan fingerprint density at radius 1 is 1.19 bits per heavy atom. The van der Waals surface area contributed by atoms with Crippen molar-refractivity contribution in [3.63, 3.8) is 0 Å². The molecule has 0 radical (unpaired) electrons. The molecule has 1 atom stereocenters. The number of para-hydroxylation sites is 2. The highest BCUT2D eigenvalue weighted by Gasteiger charge is 2.11. The number of nitrogens with zero attached hydrogens (tertiary/aromatic N) is 3. The summed E-state index contributed by atoms with van der Waals surface area (Å²) >= 11 is 0. The number of aromatic nitrogens is 2. The largest absolute Gasteiger partial charge is 0.334 e. The van der Waals surface area contributed by atoms with Gasteiger partial charge >= 0.3 is 6.03 Å². The van der Waals surface area contributed by atoms with Crippen LogP contribution in [0.4, 0.5) is 4.79 Å². The van der Waals surface area contributed by atoms with Crippen LogP contribution in [0, 0.1) is 5.92 Å². The van der Waals surface area contributed by atoms with Gasteiger partial charge < -0.3 is 14.8 Å². The first kappa shape index (κ1) is 19.0. The van der Waals surface area contributed by atoms with Crippen LogP contribution < -0.4 is 5.32 Å². The standard InChI is InChI=1S/C22H28N4O/c1-4-17(2)14-25(3)22(27)23-13-18-8-7-9-19(12-18)15-26-16-24-20-10-5-6-11-21(20)26/h5-12,16-17H,4,13-15H2,1-3H3,(H,23,27). The quantitative estimate of drug-likeness (QED) is 0.680. The summed E-state index contributed by atoms with van der Waals surface area (Å²) in [5, 5.41) is 3.01. The number of benzene rings is 2. The monoisotopic (exact) mass is 364 g/mol. The number of rotatable bonds is 7. The molecule has 3 rings (SSSR count). The molecule has 1 N–H and O–H groups in total. The summed E-state index contributed by atoms with van der Waals surface area (Å²) in [4.78, 5) is 18.5. The Hall–Kier alpha value is -2.82. The van der Waals surface area contributed by atoms with Crippen molar-refractivity contribution in [1.82, 2.24) is 19.8 Å². The van der Waals surface area contributed by atoms with Crippen LogP contribution >= 0.6 is 0 Å². The molecule has 0 bridgehead atoms. The van der Waals surface area contributed by atoms with Crippen LogP contribution in [0.2, 0.25) is 0 Å². The number of carbonyl (C=O) groups is 1. The first-order chi connectivity index (χ1) is 13.1. The zero-order valence-corrected chi connectivity index (χ0v) is 16.4. The third-order valence-corrected chi connectivity index (χ3v) is 4.94. The lowest BCUT2D eigenvalue weighted by Crippen LogP contribution is -2.39. The van der Waals surface area contributed by atoms with Gasteiger partial charge in [0.15, 0.2) is 0 Å². The fraction of sp³-hybridized carbons (Fsp3) is 0.364. The van der Waals surface area contributed by atoms with Crippen molar-refractivity contribution in [1.29, 1.82) is 0 Å². The average molecular weight is 364 g/mol. The Kier molecular flexibility index (Phi) is 6.12. The third-order valence-electron chi connectivity index (χ3n) is 4.94. The van der Waals surface area contributed by atoms with Crippen LogP contribution in [-0.4, -0.2) is 34.1 Å². The Bertz CT molecular complexity index is 902. The molecule has 0 spiro atoms. The van der Waals surface area contributed by atoms with E-state index in [1.807, 2.05) is 43.7 Å². The highest BCUT2D eigenvalue weighted by atomic mass is 16.2. The Labute approximate surface area is 161 Å². The van der Waals surface area contributed by atoms with E-state index in [2.05, 4.69) is 46.9 Å². The van der Waals surface area contributed by atoms with Crippen molar-refractivity contribution in [3.8, 4) is 0 Å². The summed E-state index contributed by atoms with van der Waals surface area (Å²) in [6.45, 7) is 6.37. The van der Waals surface area contributed by atoms with Gasteiger partial charge in [-0.25, -0.2) is 9.78 Å². The number of nitrogens with one attached hydrogen (secondary N) is 1. The molecule has 2 amide bonds. The van der Waals surface area contributed by atoms with E-state index in [0.717, 1.165) is 36.1 Å². The third kappa shape index (κ3) is 4.88. The fourth-order valence-corrected chi connectivity index (χ4v) is 3.16. The smallest absolute Gasteiger partial charge is 0.317 e. The number of hydrogen-bond donors (Lipinski definition) is 1. The van der Waals surface area contributed by atoms with Crippen molar-refractivity contribution in [2.24, 2.45) is 5.92 Å². The van der Waals surface area contributed by atoms with Gasteiger partial charge in [-0.3, -0.25) is 0 Å². The molecule has 3 aromatic rings. The van der Waals surface area contributed by atoms with E-state index < -0.39 is 0 Å². The maximum atomic E-state index is 12.3. The fourth-order valence-electron chi connectivity index (χ4n) is 3.16. The van der Waals surface area contributed by atoms with Crippen LogP contribution in [0.3, 0.4) is 0 Å². The SMILES string of the molecule is CCC(C)CN(C)C(=O)NCc1cccc(Cn2cnc3ccccc32)c1. The molecule has 5 nitrogen and oxygen atoms in total. The number of fused-ring (bicyclic) bond motifs is 1. The van der Waals surface area contributed by atoms with E-state index in [-0.39, 0.29) is 6.03 Å². The summed E-state index contributed by atoms with van der Waals surface area (Å²) in [5.41, 5.74) is 4.42. The number of amides is 2. The summed E-state index contributed by atoms with van der Waals surface area (Å²) in [6.07, 6.45) is 2.95. The highest BCUT2D eigenvalue weighted by molar-refractivity contribution is 5.75. The van der Waals surface area contributed by atoms with Gasteiger partial charge in [0.25, 0.3) is 0 Å². The minimum Gasteiger partial charge on any atom is -0.334 e. The minimum atomic E-state index is -0.0266. The molecule has 5 heteroatoms. The Balaban J connectivity index is 1.61. The van der Waals surface area contributed by atoms with Gasteiger partial charge in [-0.1, -0.05) is 56.7 Å². The van der Waals surface area contributed by atoms with Gasteiger partial charge in [-0.2, -0.15) is 0 Å². The molecule has 1 unspecified atom stereocenters. The second kappa shape index (κ2) is 8.71. The number of urea groups is 1. The average Bonchev–Trinajstić information content (AvgIpc) is 3.09. The lowest BCUT2D eigenvalue weighted by Gasteiger charge is -2.21. The minimum absolute atomic E-state index is 0.0266. The molecule has 27 heavy (non-hydrogen) atoms. The van der Waals surface area contributed by atoms with Crippen molar-refractivity contribution < 1.29 is 4.79 Å². The molecule has 2 aromatic carbocycles. The van der Waals surface area contributed by atoms with E-state index in [1.165, 1.54) is 5.56 Å². The lowest BCUT2D eigenvalue weighted by atomic mass is 10.1. The van der Waals surface area contributed by atoms with E-state index in [1.54, 1.807) is 4.90 Å². The van der Waals surface area contributed by atoms with Crippen LogP contribution in [-0.2, 0) is 13.1 Å². The molecular formula is C22H28N4O. The second-order valence-corrected chi connectivity index (χ2v) is 7.23. The first-order valence-electron chi connectivity index (χ1n) is 9.53. The highest BCUT2D eigenvalue weighted by Crippen LogP contribution is 2.15. The number of carbonyl (C=O) groups excluding carboxylic acids is 1. The van der Waals surface area contributed by atoms with Crippen molar-refractivity contribution in [2.45, 2.75) is 33.4 Å². The topological polar surface area (TPSA) is 50.2 Å². The maximum absolute atomic E-state index is 12.3. The normalized spacial score (nSPS) is 12.1. The van der Waals surface area contributed by atoms with Crippen molar-refractivity contribution >= 4 is 17.1 Å². The van der Waals surface area contributed by atoms with E-state index in [0.29, 0.717) is 12.5 Å². The van der Waals surface area contributed by atoms with Gasteiger partial charge in [-0.05, 0) is 29.2 Å². The predicted molar refractivity (Wildman–Crippen MR) is 110 cm³/mol. The number of imidazole rings is 1.